The van der Waals surface area contributed by atoms with E-state index in [1.807, 2.05) is 31.2 Å². The Morgan fingerprint density at radius 3 is 2.67 bits per heavy atom. The van der Waals surface area contributed by atoms with E-state index < -0.39 is 17.9 Å². The van der Waals surface area contributed by atoms with E-state index in [2.05, 4.69) is 5.32 Å². The summed E-state index contributed by atoms with van der Waals surface area (Å²) >= 11 is 0. The number of carbonyl (C=O) groups is 2. The fourth-order valence-corrected chi connectivity index (χ4v) is 3.04. The molecule has 0 radical (unpaired) electrons. The average Bonchev–Trinajstić information content (AvgIpc) is 2.66. The van der Waals surface area contributed by atoms with Gasteiger partial charge in [-0.1, -0.05) is 24.3 Å². The van der Waals surface area contributed by atoms with E-state index in [1.54, 1.807) is 12.1 Å². The van der Waals surface area contributed by atoms with E-state index in [0.717, 1.165) is 11.1 Å². The molecule has 1 amide bonds. The molecule has 0 saturated carbocycles. The molecule has 2 aromatic carbocycles. The van der Waals surface area contributed by atoms with E-state index in [4.69, 9.17) is 14.2 Å². The van der Waals surface area contributed by atoms with Gasteiger partial charge in [0.1, 0.15) is 13.2 Å². The van der Waals surface area contributed by atoms with E-state index in [1.165, 1.54) is 7.11 Å². The monoisotopic (exact) mass is 371 g/mol. The highest BCUT2D eigenvalue weighted by atomic mass is 16.6. The van der Waals surface area contributed by atoms with Gasteiger partial charge in [-0.25, -0.2) is 0 Å². The minimum absolute atomic E-state index is 0.224. The summed E-state index contributed by atoms with van der Waals surface area (Å²) in [6.07, 6.45) is -0.224. The highest BCUT2D eigenvalue weighted by Crippen LogP contribution is 2.40. The number of fused-ring (bicyclic) bond motifs is 1. The molecule has 2 N–H and O–H groups in total. The molecule has 142 valence electrons. The molecule has 2 aromatic rings. The van der Waals surface area contributed by atoms with Gasteiger partial charge in [-0.3, -0.25) is 9.59 Å². The molecule has 0 aliphatic carbocycles. The summed E-state index contributed by atoms with van der Waals surface area (Å²) in [5.41, 5.74) is 1.97. The predicted octanol–water partition coefficient (Wildman–Crippen LogP) is 2.72. The number of carbonyl (C=O) groups excluding carboxylic acids is 1. The second-order valence-corrected chi connectivity index (χ2v) is 6.18. The lowest BCUT2D eigenvalue weighted by Gasteiger charge is -2.23. The van der Waals surface area contributed by atoms with Gasteiger partial charge in [-0.2, -0.15) is 0 Å². The SMILES string of the molecule is COc1cc(C(=O)NC(CC(=O)O)c2ccccc2C)cc2c1OCCO2. The number of nitrogens with one attached hydrogen (secondary N) is 1. The Hall–Kier alpha value is -3.22. The van der Waals surface area contributed by atoms with Crippen molar-refractivity contribution in [3.8, 4) is 17.2 Å². The summed E-state index contributed by atoms with van der Waals surface area (Å²) < 4.78 is 16.4. The number of aliphatic carboxylic acids is 1. The van der Waals surface area contributed by atoms with Crippen LogP contribution in [0, 0.1) is 6.92 Å². The van der Waals surface area contributed by atoms with Crippen LogP contribution in [-0.4, -0.2) is 37.3 Å². The first kappa shape index (κ1) is 18.6. The number of methoxy groups -OCH3 is 1. The van der Waals surface area contributed by atoms with Crippen molar-refractivity contribution in [2.75, 3.05) is 20.3 Å². The van der Waals surface area contributed by atoms with Crippen molar-refractivity contribution in [2.45, 2.75) is 19.4 Å². The van der Waals surface area contributed by atoms with Crippen molar-refractivity contribution in [1.82, 2.24) is 5.32 Å². The van der Waals surface area contributed by atoms with Gasteiger partial charge in [0.25, 0.3) is 5.91 Å². The molecule has 0 spiro atoms. The van der Waals surface area contributed by atoms with Crippen LogP contribution < -0.4 is 19.5 Å². The third-order valence-corrected chi connectivity index (χ3v) is 4.34. The van der Waals surface area contributed by atoms with E-state index >= 15 is 0 Å². The third-order valence-electron chi connectivity index (χ3n) is 4.34. The average molecular weight is 371 g/mol. The van der Waals surface area contributed by atoms with Crippen molar-refractivity contribution >= 4 is 11.9 Å². The van der Waals surface area contributed by atoms with Gasteiger partial charge in [0.05, 0.1) is 19.6 Å². The van der Waals surface area contributed by atoms with E-state index in [-0.39, 0.29) is 6.42 Å². The zero-order valence-corrected chi connectivity index (χ0v) is 15.2. The second-order valence-electron chi connectivity index (χ2n) is 6.18. The first-order chi connectivity index (χ1) is 13.0. The van der Waals surface area contributed by atoms with Crippen LogP contribution >= 0.6 is 0 Å². The van der Waals surface area contributed by atoms with E-state index in [0.29, 0.717) is 36.0 Å². The zero-order chi connectivity index (χ0) is 19.4. The molecule has 1 unspecified atom stereocenters. The second kappa shape index (κ2) is 7.99. The molecule has 7 heteroatoms. The van der Waals surface area contributed by atoms with Crippen molar-refractivity contribution in [3.05, 3.63) is 53.1 Å². The Morgan fingerprint density at radius 2 is 1.96 bits per heavy atom. The molecule has 1 aliphatic heterocycles. The highest BCUT2D eigenvalue weighted by Gasteiger charge is 2.24. The first-order valence-corrected chi connectivity index (χ1v) is 8.55. The lowest BCUT2D eigenvalue weighted by molar-refractivity contribution is -0.137. The molecule has 27 heavy (non-hydrogen) atoms. The number of hydrogen-bond donors (Lipinski definition) is 2. The summed E-state index contributed by atoms with van der Waals surface area (Å²) in [4.78, 5) is 24.1. The maximum atomic E-state index is 12.8. The van der Waals surface area contributed by atoms with Crippen molar-refractivity contribution in [2.24, 2.45) is 0 Å². The molecule has 0 bridgehead atoms. The van der Waals surface area contributed by atoms with Crippen LogP contribution in [0.4, 0.5) is 0 Å². The lowest BCUT2D eigenvalue weighted by Crippen LogP contribution is -2.31. The number of aryl methyl sites for hydroxylation is 1. The summed E-state index contributed by atoms with van der Waals surface area (Å²) in [6, 6.07) is 9.84. The van der Waals surface area contributed by atoms with Crippen LogP contribution in [0.2, 0.25) is 0 Å². The summed E-state index contributed by atoms with van der Waals surface area (Å²) in [5.74, 6) is -0.135. The molecule has 0 saturated heterocycles. The van der Waals surface area contributed by atoms with Crippen LogP contribution in [0.3, 0.4) is 0 Å². The van der Waals surface area contributed by atoms with Crippen LogP contribution in [0.5, 0.6) is 17.2 Å². The number of hydrogen-bond acceptors (Lipinski definition) is 5. The Balaban J connectivity index is 1.90. The fraction of sp³-hybridized carbons (Fsp3) is 0.300. The quantitative estimate of drug-likeness (QED) is 0.811. The van der Waals surface area contributed by atoms with Gasteiger partial charge >= 0.3 is 5.97 Å². The van der Waals surface area contributed by atoms with Crippen molar-refractivity contribution < 1.29 is 28.9 Å². The molecular formula is C20H21NO6. The predicted molar refractivity (Wildman–Crippen MR) is 97.6 cm³/mol. The topological polar surface area (TPSA) is 94.1 Å². The van der Waals surface area contributed by atoms with Crippen molar-refractivity contribution in [1.29, 1.82) is 0 Å². The standard InChI is InChI=1S/C20H21NO6/c1-12-5-3-4-6-14(12)15(11-18(22)23)21-20(24)13-9-16(25-2)19-17(10-13)26-7-8-27-19/h3-6,9-10,15H,7-8,11H2,1-2H3,(H,21,24)(H,22,23). The molecule has 0 fully saturated rings. The van der Waals surface area contributed by atoms with Gasteiger partial charge in [0.2, 0.25) is 5.75 Å². The zero-order valence-electron chi connectivity index (χ0n) is 15.2. The maximum absolute atomic E-state index is 12.8. The number of ether oxygens (including phenoxy) is 3. The highest BCUT2D eigenvalue weighted by molar-refractivity contribution is 5.96. The van der Waals surface area contributed by atoms with Crippen LogP contribution in [0.1, 0.15) is 33.9 Å². The first-order valence-electron chi connectivity index (χ1n) is 8.55. The Labute approximate surface area is 156 Å². The molecule has 1 heterocycles. The molecule has 0 aromatic heterocycles. The smallest absolute Gasteiger partial charge is 0.305 e. The molecular weight excluding hydrogens is 350 g/mol. The number of carboxylic acid groups (broad SMARTS) is 1. The number of benzene rings is 2. The minimum Gasteiger partial charge on any atom is -0.493 e. The summed E-state index contributed by atoms with van der Waals surface area (Å²) in [7, 11) is 1.48. The van der Waals surface area contributed by atoms with Gasteiger partial charge in [-0.15, -0.1) is 0 Å². The lowest BCUT2D eigenvalue weighted by atomic mass is 9.98. The molecule has 7 nitrogen and oxygen atoms in total. The fourth-order valence-electron chi connectivity index (χ4n) is 3.04. The van der Waals surface area contributed by atoms with Gasteiger partial charge in [0, 0.05) is 5.56 Å². The normalized spacial score (nSPS) is 13.6. The van der Waals surface area contributed by atoms with Gasteiger partial charge < -0.3 is 24.6 Å². The Bertz CT molecular complexity index is 846. The van der Waals surface area contributed by atoms with Crippen LogP contribution in [-0.2, 0) is 4.79 Å². The Morgan fingerprint density at radius 1 is 1.22 bits per heavy atom. The number of rotatable bonds is 6. The van der Waals surface area contributed by atoms with Crippen LogP contribution in [0.15, 0.2) is 36.4 Å². The third kappa shape index (κ3) is 4.13. The Kier molecular flexibility index (Phi) is 5.49. The van der Waals surface area contributed by atoms with Crippen molar-refractivity contribution in [3.63, 3.8) is 0 Å². The largest absolute Gasteiger partial charge is 0.493 e. The summed E-state index contributed by atoms with van der Waals surface area (Å²) in [6.45, 7) is 2.67. The number of carboxylic acids is 1. The van der Waals surface area contributed by atoms with E-state index in [9.17, 15) is 14.7 Å². The van der Waals surface area contributed by atoms with Gasteiger partial charge in [0.15, 0.2) is 11.5 Å². The maximum Gasteiger partial charge on any atom is 0.305 e. The summed E-state index contributed by atoms with van der Waals surface area (Å²) in [5, 5.41) is 12.1. The number of amides is 1. The van der Waals surface area contributed by atoms with Crippen LogP contribution in [0.25, 0.3) is 0 Å². The van der Waals surface area contributed by atoms with Gasteiger partial charge in [-0.05, 0) is 30.2 Å². The molecule has 1 atom stereocenters. The minimum atomic E-state index is -0.997. The molecule has 3 rings (SSSR count). The molecule has 1 aliphatic rings.